The monoisotopic (exact) mass is 207 g/mol. The van der Waals surface area contributed by atoms with Crippen LogP contribution in [0.1, 0.15) is 0 Å². The fourth-order valence-corrected chi connectivity index (χ4v) is 2.79. The summed E-state index contributed by atoms with van der Waals surface area (Å²) in [5.41, 5.74) is 0. The first-order chi connectivity index (χ1) is 6.77. The molecule has 0 saturated heterocycles. The highest BCUT2D eigenvalue weighted by Crippen LogP contribution is 2.18. The Morgan fingerprint density at radius 1 is 1.07 bits per heavy atom. The molecule has 0 fully saturated rings. The van der Waals surface area contributed by atoms with Gasteiger partial charge in [-0.15, -0.1) is 0 Å². The van der Waals surface area contributed by atoms with E-state index in [0.717, 1.165) is 11.5 Å². The molecular formula is C12H15OS+. The lowest BCUT2D eigenvalue weighted by Crippen LogP contribution is -2.09. The fourth-order valence-electron chi connectivity index (χ4n) is 1.18. The Morgan fingerprint density at radius 2 is 1.57 bits per heavy atom. The molecule has 0 radical (unpaired) electrons. The van der Waals surface area contributed by atoms with Crippen molar-refractivity contribution >= 4 is 10.9 Å². The third kappa shape index (κ3) is 2.96. The Bertz CT molecular complexity index is 293. The normalized spacial score (nSPS) is 10.1. The number of benzene rings is 1. The Labute approximate surface area is 88.1 Å². The Morgan fingerprint density at radius 3 is 2.00 bits per heavy atom. The molecule has 0 aromatic heterocycles. The molecule has 0 saturated carbocycles. The van der Waals surface area contributed by atoms with E-state index in [0.29, 0.717) is 5.75 Å². The highest BCUT2D eigenvalue weighted by atomic mass is 32.2. The topological polar surface area (TPSA) is 20.2 Å². The molecule has 1 aromatic rings. The van der Waals surface area contributed by atoms with Gasteiger partial charge < -0.3 is 5.11 Å². The Balaban J connectivity index is 2.80. The van der Waals surface area contributed by atoms with Crippen LogP contribution < -0.4 is 0 Å². The van der Waals surface area contributed by atoms with Gasteiger partial charge in [0, 0.05) is 10.9 Å². The molecule has 0 amide bonds. The number of hydrogen-bond donors (Lipinski definition) is 1. The first kappa shape index (κ1) is 10.9. The minimum Gasteiger partial charge on any atom is -0.508 e. The molecule has 14 heavy (non-hydrogen) atoms. The summed E-state index contributed by atoms with van der Waals surface area (Å²) >= 11 is 0. The highest BCUT2D eigenvalue weighted by molar-refractivity contribution is 7.97. The van der Waals surface area contributed by atoms with Crippen LogP contribution in [0.5, 0.6) is 5.75 Å². The lowest BCUT2D eigenvalue weighted by Gasteiger charge is -2.03. The van der Waals surface area contributed by atoms with Gasteiger partial charge in [0.25, 0.3) is 0 Å². The van der Waals surface area contributed by atoms with Gasteiger partial charge >= 0.3 is 0 Å². The van der Waals surface area contributed by atoms with Gasteiger partial charge in [0.1, 0.15) is 17.3 Å². The van der Waals surface area contributed by atoms with Crippen molar-refractivity contribution in [2.45, 2.75) is 4.90 Å². The molecule has 0 atom stereocenters. The molecule has 0 heterocycles. The zero-order chi connectivity index (χ0) is 10.4. The van der Waals surface area contributed by atoms with Gasteiger partial charge in [-0.2, -0.15) is 0 Å². The summed E-state index contributed by atoms with van der Waals surface area (Å²) in [5.74, 6) is 2.25. The van der Waals surface area contributed by atoms with Crippen molar-refractivity contribution in [3.63, 3.8) is 0 Å². The molecule has 1 N–H and O–H groups in total. The molecule has 1 rings (SSSR count). The largest absolute Gasteiger partial charge is 0.508 e. The Kier molecular flexibility index (Phi) is 4.33. The minimum absolute atomic E-state index is 0.157. The van der Waals surface area contributed by atoms with Gasteiger partial charge in [0.05, 0.1) is 0 Å². The number of phenolic OH excluding ortho intramolecular Hbond substituents is 1. The van der Waals surface area contributed by atoms with E-state index >= 15 is 0 Å². The highest BCUT2D eigenvalue weighted by Gasteiger charge is 2.17. The SMILES string of the molecule is C=CC[S+](CC=C)c1ccc(O)cc1. The third-order valence-electron chi connectivity index (χ3n) is 1.81. The van der Waals surface area contributed by atoms with Gasteiger partial charge in [-0.1, -0.05) is 13.2 Å². The first-order valence-corrected chi connectivity index (χ1v) is 6.02. The summed E-state index contributed by atoms with van der Waals surface area (Å²) in [6, 6.07) is 7.37. The van der Waals surface area contributed by atoms with Crippen LogP contribution in [0.25, 0.3) is 0 Å². The average molecular weight is 207 g/mol. The first-order valence-electron chi connectivity index (χ1n) is 4.46. The van der Waals surface area contributed by atoms with Crippen molar-refractivity contribution in [2.24, 2.45) is 0 Å². The maximum Gasteiger partial charge on any atom is 0.155 e. The summed E-state index contributed by atoms with van der Waals surface area (Å²) in [7, 11) is 0.157. The molecule has 0 spiro atoms. The summed E-state index contributed by atoms with van der Waals surface area (Å²) < 4.78 is 0. The average Bonchev–Trinajstić information content (AvgIpc) is 2.19. The van der Waals surface area contributed by atoms with E-state index < -0.39 is 0 Å². The van der Waals surface area contributed by atoms with Gasteiger partial charge in [0.2, 0.25) is 0 Å². The predicted octanol–water partition coefficient (Wildman–Crippen LogP) is 2.74. The van der Waals surface area contributed by atoms with Crippen molar-refractivity contribution in [3.05, 3.63) is 49.6 Å². The van der Waals surface area contributed by atoms with E-state index in [1.165, 1.54) is 4.90 Å². The lowest BCUT2D eigenvalue weighted by molar-refractivity contribution is 0.475. The second-order valence-electron chi connectivity index (χ2n) is 2.90. The van der Waals surface area contributed by atoms with Gasteiger partial charge in [-0.25, -0.2) is 0 Å². The second kappa shape index (κ2) is 5.55. The van der Waals surface area contributed by atoms with Crippen LogP contribution in [0.3, 0.4) is 0 Å². The molecule has 74 valence electrons. The number of hydrogen-bond acceptors (Lipinski definition) is 1. The van der Waals surface area contributed by atoms with E-state index in [2.05, 4.69) is 13.2 Å². The van der Waals surface area contributed by atoms with E-state index in [1.54, 1.807) is 12.1 Å². The maximum atomic E-state index is 9.16. The fraction of sp³-hybridized carbons (Fsp3) is 0.167. The number of phenols is 1. The third-order valence-corrected chi connectivity index (χ3v) is 4.02. The van der Waals surface area contributed by atoms with Crippen molar-refractivity contribution in [2.75, 3.05) is 11.5 Å². The number of aromatic hydroxyl groups is 1. The summed E-state index contributed by atoms with van der Waals surface area (Å²) in [5, 5.41) is 9.16. The van der Waals surface area contributed by atoms with Crippen molar-refractivity contribution in [1.82, 2.24) is 0 Å². The van der Waals surface area contributed by atoms with Gasteiger partial charge in [-0.3, -0.25) is 0 Å². The lowest BCUT2D eigenvalue weighted by atomic mass is 10.3. The molecular weight excluding hydrogens is 192 g/mol. The van der Waals surface area contributed by atoms with E-state index in [1.807, 2.05) is 24.3 Å². The van der Waals surface area contributed by atoms with E-state index in [4.69, 9.17) is 5.11 Å². The standard InChI is InChI=1S/C12H14OS/c1-3-9-14(10-4-2)12-7-5-11(13)6-8-12/h3-8H,1-2,9-10H2/p+1. The minimum atomic E-state index is 0.157. The van der Waals surface area contributed by atoms with Crippen LogP contribution in [-0.4, -0.2) is 16.6 Å². The van der Waals surface area contributed by atoms with E-state index in [-0.39, 0.29) is 10.9 Å². The molecule has 0 bridgehead atoms. The van der Waals surface area contributed by atoms with Crippen LogP contribution in [0.4, 0.5) is 0 Å². The molecule has 1 nitrogen and oxygen atoms in total. The summed E-state index contributed by atoms with van der Waals surface area (Å²) in [4.78, 5) is 1.25. The van der Waals surface area contributed by atoms with Crippen LogP contribution in [-0.2, 0) is 10.9 Å². The Hall–Kier alpha value is -1.15. The van der Waals surface area contributed by atoms with Crippen LogP contribution in [0.2, 0.25) is 0 Å². The second-order valence-corrected chi connectivity index (χ2v) is 5.02. The zero-order valence-corrected chi connectivity index (χ0v) is 8.96. The molecule has 2 heteroatoms. The van der Waals surface area contributed by atoms with Crippen LogP contribution >= 0.6 is 0 Å². The van der Waals surface area contributed by atoms with Crippen molar-refractivity contribution < 1.29 is 5.11 Å². The van der Waals surface area contributed by atoms with Gasteiger partial charge in [0.15, 0.2) is 4.90 Å². The molecule has 0 aliphatic rings. The molecule has 0 aliphatic heterocycles. The smallest absolute Gasteiger partial charge is 0.155 e. The van der Waals surface area contributed by atoms with Crippen LogP contribution in [0.15, 0.2) is 54.5 Å². The van der Waals surface area contributed by atoms with E-state index in [9.17, 15) is 0 Å². The maximum absolute atomic E-state index is 9.16. The quantitative estimate of drug-likeness (QED) is 0.581. The zero-order valence-electron chi connectivity index (χ0n) is 8.15. The van der Waals surface area contributed by atoms with Gasteiger partial charge in [-0.05, 0) is 36.4 Å². The molecule has 0 aliphatic carbocycles. The van der Waals surface area contributed by atoms with Crippen LogP contribution in [0, 0.1) is 0 Å². The molecule has 1 aromatic carbocycles. The summed E-state index contributed by atoms with van der Waals surface area (Å²) in [6.07, 6.45) is 3.86. The van der Waals surface area contributed by atoms with Crippen molar-refractivity contribution in [1.29, 1.82) is 0 Å². The number of rotatable bonds is 5. The summed E-state index contributed by atoms with van der Waals surface area (Å²) in [6.45, 7) is 7.50. The predicted molar refractivity (Wildman–Crippen MR) is 63.9 cm³/mol. The molecule has 0 unspecified atom stereocenters. The van der Waals surface area contributed by atoms with Crippen molar-refractivity contribution in [3.8, 4) is 5.75 Å².